The van der Waals surface area contributed by atoms with Crippen molar-refractivity contribution >= 4 is 69.5 Å². The molecule has 186 valence electrons. The topological polar surface area (TPSA) is 80.7 Å². The second kappa shape index (κ2) is 9.37. The van der Waals surface area contributed by atoms with Crippen LogP contribution in [0.15, 0.2) is 82.8 Å². The zero-order valence-corrected chi connectivity index (χ0v) is 21.7. The number of esters is 1. The number of carbonyl (C=O) groups excluding carboxylic acids is 2. The maximum absolute atomic E-state index is 14.0. The van der Waals surface area contributed by atoms with E-state index in [9.17, 15) is 9.59 Å². The fourth-order valence-corrected chi connectivity index (χ4v) is 7.12. The van der Waals surface area contributed by atoms with E-state index in [1.54, 1.807) is 40.3 Å². The van der Waals surface area contributed by atoms with Gasteiger partial charge in [0.15, 0.2) is 11.5 Å². The van der Waals surface area contributed by atoms with Gasteiger partial charge in [-0.15, -0.1) is 0 Å². The molecule has 0 N–H and O–H groups in total. The number of amides is 1. The van der Waals surface area contributed by atoms with Crippen molar-refractivity contribution in [2.45, 2.75) is 4.33 Å². The monoisotopic (exact) mass is 551 g/mol. The van der Waals surface area contributed by atoms with Gasteiger partial charge in [-0.05, 0) is 71.9 Å². The molecule has 1 saturated heterocycles. The summed E-state index contributed by atoms with van der Waals surface area (Å²) in [6.07, 6.45) is 1.80. The first kappa shape index (κ1) is 23.8. The van der Waals surface area contributed by atoms with Crippen LogP contribution in [0, 0.1) is 0 Å². The van der Waals surface area contributed by atoms with Crippen molar-refractivity contribution in [2.75, 3.05) is 23.8 Å². The van der Waals surface area contributed by atoms with Gasteiger partial charge in [0, 0.05) is 10.7 Å². The molecule has 1 spiro atoms. The minimum Gasteiger partial charge on any atom is -0.464 e. The summed E-state index contributed by atoms with van der Waals surface area (Å²) >= 11 is 8.59. The van der Waals surface area contributed by atoms with Gasteiger partial charge < -0.3 is 14.2 Å². The molecule has 0 aliphatic carbocycles. The summed E-state index contributed by atoms with van der Waals surface area (Å²) in [6, 6.07) is 21.8. The van der Waals surface area contributed by atoms with Gasteiger partial charge in [0.1, 0.15) is 0 Å². The maximum Gasteiger partial charge on any atom is 0.365 e. The number of rotatable bonds is 4. The number of para-hydroxylation sites is 1. The quantitative estimate of drug-likeness (QED) is 0.309. The van der Waals surface area contributed by atoms with Gasteiger partial charge >= 0.3 is 5.97 Å². The van der Waals surface area contributed by atoms with Crippen molar-refractivity contribution in [1.29, 1.82) is 0 Å². The lowest BCUT2D eigenvalue weighted by Gasteiger charge is -2.38. The van der Waals surface area contributed by atoms with Crippen LogP contribution >= 0.6 is 35.1 Å². The molecule has 1 amide bonds. The Morgan fingerprint density at radius 3 is 2.54 bits per heavy atom. The first-order chi connectivity index (χ1) is 18.0. The van der Waals surface area contributed by atoms with Crippen molar-refractivity contribution < 1.29 is 23.8 Å². The highest BCUT2D eigenvalue weighted by Crippen LogP contribution is 2.59. The number of ether oxygens (including phenoxy) is 3. The molecule has 1 atom stereocenters. The summed E-state index contributed by atoms with van der Waals surface area (Å²) < 4.78 is 14.7. The molecule has 1 fully saturated rings. The Kier molecular flexibility index (Phi) is 6.02. The van der Waals surface area contributed by atoms with Gasteiger partial charge in [0.05, 0.1) is 17.7 Å². The number of fused-ring (bicyclic) bond motifs is 1. The summed E-state index contributed by atoms with van der Waals surface area (Å²) in [5.74, 6) is 0.455. The predicted molar refractivity (Wildman–Crippen MR) is 146 cm³/mol. The van der Waals surface area contributed by atoms with Crippen molar-refractivity contribution in [3.8, 4) is 11.5 Å². The Labute approximate surface area is 225 Å². The van der Waals surface area contributed by atoms with E-state index in [2.05, 4.69) is 5.10 Å². The highest BCUT2D eigenvalue weighted by Gasteiger charge is 2.60. The van der Waals surface area contributed by atoms with E-state index in [1.807, 2.05) is 48.5 Å². The van der Waals surface area contributed by atoms with Crippen molar-refractivity contribution in [2.24, 2.45) is 5.10 Å². The number of hydrazone groups is 1. The minimum atomic E-state index is -1.17. The van der Waals surface area contributed by atoms with Crippen LogP contribution in [0.25, 0.3) is 6.08 Å². The molecule has 3 aromatic rings. The summed E-state index contributed by atoms with van der Waals surface area (Å²) in [7, 11) is 1.30. The van der Waals surface area contributed by atoms with Crippen LogP contribution in [-0.2, 0) is 14.3 Å². The number of hydrogen-bond acceptors (Lipinski definition) is 9. The average molecular weight is 552 g/mol. The van der Waals surface area contributed by atoms with Gasteiger partial charge in [-0.2, -0.15) is 5.10 Å². The lowest BCUT2D eigenvalue weighted by atomic mass is 10.2. The largest absolute Gasteiger partial charge is 0.464 e. The molecule has 37 heavy (non-hydrogen) atoms. The van der Waals surface area contributed by atoms with E-state index in [0.717, 1.165) is 17.3 Å². The number of thioether (sulfide) groups is 2. The van der Waals surface area contributed by atoms with Crippen molar-refractivity contribution in [1.82, 2.24) is 0 Å². The Morgan fingerprint density at radius 2 is 1.78 bits per heavy atom. The minimum absolute atomic E-state index is 0.128. The summed E-state index contributed by atoms with van der Waals surface area (Å²) in [5, 5.41) is 6.96. The Morgan fingerprint density at radius 1 is 1.03 bits per heavy atom. The lowest BCUT2D eigenvalue weighted by molar-refractivity contribution is -0.132. The van der Waals surface area contributed by atoms with E-state index in [-0.39, 0.29) is 17.7 Å². The number of nitrogens with zero attached hydrogens (tertiary/aromatic N) is 3. The van der Waals surface area contributed by atoms with Gasteiger partial charge in [-0.3, -0.25) is 9.69 Å². The zero-order valence-electron chi connectivity index (χ0n) is 19.3. The molecule has 3 aliphatic heterocycles. The highest BCUT2D eigenvalue weighted by molar-refractivity contribution is 8.29. The highest BCUT2D eigenvalue weighted by atomic mass is 35.5. The number of benzene rings is 3. The molecule has 3 aliphatic rings. The molecule has 0 aromatic heterocycles. The standard InChI is InChI=1S/C26H18ClN3O5S2/c1-33-25(32)23-28-30(19-10-8-17(27)9-11-19)26(37-23)29(18-5-3-2-4-6-18)24(31)22(36-26)14-16-7-12-20-21(13-16)35-15-34-20/h2-14H,15H2,1H3. The zero-order chi connectivity index (χ0) is 25.6. The third-order valence-corrected chi connectivity index (χ3v) is 8.72. The smallest absolute Gasteiger partial charge is 0.365 e. The molecule has 3 heterocycles. The fourth-order valence-electron chi connectivity index (χ4n) is 4.10. The van der Waals surface area contributed by atoms with Crippen molar-refractivity contribution in [3.05, 3.63) is 88.3 Å². The Hall–Kier alpha value is -3.60. The maximum atomic E-state index is 14.0. The van der Waals surface area contributed by atoms with Gasteiger partial charge in [0.25, 0.3) is 5.91 Å². The molecular formula is C26H18ClN3O5S2. The van der Waals surface area contributed by atoms with Crippen LogP contribution in [0.2, 0.25) is 5.02 Å². The Balaban J connectivity index is 1.49. The normalized spacial score (nSPS) is 21.2. The molecule has 11 heteroatoms. The van der Waals surface area contributed by atoms with Gasteiger partial charge in [-0.1, -0.05) is 47.6 Å². The van der Waals surface area contributed by atoms with Crippen LogP contribution in [0.5, 0.6) is 11.5 Å². The number of methoxy groups -OCH3 is 1. The summed E-state index contributed by atoms with van der Waals surface area (Å²) in [5.41, 5.74) is 2.09. The molecular weight excluding hydrogens is 534 g/mol. The average Bonchev–Trinajstić information content (AvgIpc) is 3.61. The van der Waals surface area contributed by atoms with E-state index < -0.39 is 10.3 Å². The number of halogens is 1. The Bertz CT molecular complexity index is 1460. The third-order valence-electron chi connectivity index (χ3n) is 5.77. The van der Waals surface area contributed by atoms with E-state index in [1.165, 1.54) is 18.9 Å². The van der Waals surface area contributed by atoms with Gasteiger partial charge in [-0.25, -0.2) is 9.80 Å². The number of hydrogen-bond donors (Lipinski definition) is 0. The van der Waals surface area contributed by atoms with E-state index in [0.29, 0.717) is 32.8 Å². The van der Waals surface area contributed by atoms with E-state index >= 15 is 0 Å². The molecule has 3 aromatic carbocycles. The second-order valence-electron chi connectivity index (χ2n) is 8.03. The number of carbonyl (C=O) groups is 2. The molecule has 0 bridgehead atoms. The SMILES string of the molecule is COC(=O)C1=NN(c2ccc(Cl)cc2)C2(SC(=Cc3ccc4c(c3)OCO4)C(=O)N2c2ccccc2)S1. The summed E-state index contributed by atoms with van der Waals surface area (Å²) in [6.45, 7) is 0.161. The van der Waals surface area contributed by atoms with Crippen LogP contribution in [-0.4, -0.2) is 35.1 Å². The third kappa shape index (κ3) is 4.11. The molecule has 6 rings (SSSR count). The van der Waals surface area contributed by atoms with Crippen molar-refractivity contribution in [3.63, 3.8) is 0 Å². The van der Waals surface area contributed by atoms with Crippen LogP contribution in [0.4, 0.5) is 11.4 Å². The first-order valence-corrected chi connectivity index (χ1v) is 13.1. The van der Waals surface area contributed by atoms with Crippen LogP contribution < -0.4 is 19.4 Å². The predicted octanol–water partition coefficient (Wildman–Crippen LogP) is 5.54. The molecule has 0 saturated carbocycles. The van der Waals surface area contributed by atoms with Gasteiger partial charge in [0.2, 0.25) is 16.2 Å². The molecule has 0 radical (unpaired) electrons. The van der Waals surface area contributed by atoms with E-state index in [4.69, 9.17) is 25.8 Å². The first-order valence-electron chi connectivity index (χ1n) is 11.1. The van der Waals surface area contributed by atoms with Crippen LogP contribution in [0.3, 0.4) is 0 Å². The second-order valence-corrected chi connectivity index (χ2v) is 11.1. The molecule has 8 nitrogen and oxygen atoms in total. The fraction of sp³-hybridized carbons (Fsp3) is 0.115. The lowest BCUT2D eigenvalue weighted by Crippen LogP contribution is -2.51. The summed E-state index contributed by atoms with van der Waals surface area (Å²) in [4.78, 5) is 28.8. The van der Waals surface area contributed by atoms with Crippen LogP contribution in [0.1, 0.15) is 5.56 Å². The number of anilines is 2. The molecule has 1 unspecified atom stereocenters.